The zero-order chi connectivity index (χ0) is 22.9. The van der Waals surface area contributed by atoms with Crippen molar-refractivity contribution in [3.8, 4) is 5.75 Å². The highest BCUT2D eigenvalue weighted by molar-refractivity contribution is 5.82. The SMILES string of the molecule is OC[C@@H]1OC(Oc2cccc3ncn(Cc4ccc(N5CCCC5)cc4)c23)[C@@H](O)[C@H](O)[C@H]1O. The minimum atomic E-state index is -1.50. The molecule has 9 heteroatoms. The van der Waals surface area contributed by atoms with E-state index in [1.54, 1.807) is 18.5 Å². The van der Waals surface area contributed by atoms with Crippen LogP contribution in [0.2, 0.25) is 0 Å². The number of benzene rings is 2. The Hall–Kier alpha value is -2.69. The van der Waals surface area contributed by atoms with Gasteiger partial charge in [-0.15, -0.1) is 0 Å². The molecule has 33 heavy (non-hydrogen) atoms. The predicted octanol–water partition coefficient (Wildman–Crippen LogP) is 0.863. The first-order valence-corrected chi connectivity index (χ1v) is 11.3. The molecule has 1 unspecified atom stereocenters. The number of aliphatic hydroxyl groups excluding tert-OH is 4. The fourth-order valence-corrected chi connectivity index (χ4v) is 4.58. The lowest BCUT2D eigenvalue weighted by atomic mass is 9.99. The molecule has 3 heterocycles. The second kappa shape index (κ2) is 9.28. The monoisotopic (exact) mass is 455 g/mol. The number of para-hydroxylation sites is 1. The van der Waals surface area contributed by atoms with Crippen LogP contribution in [0.4, 0.5) is 5.69 Å². The number of hydrogen-bond acceptors (Lipinski definition) is 8. The zero-order valence-corrected chi connectivity index (χ0v) is 18.2. The number of ether oxygens (including phenoxy) is 2. The van der Waals surface area contributed by atoms with E-state index in [9.17, 15) is 20.4 Å². The molecule has 3 aromatic rings. The van der Waals surface area contributed by atoms with Gasteiger partial charge in [-0.25, -0.2) is 4.98 Å². The van der Waals surface area contributed by atoms with Gasteiger partial charge in [0.05, 0.1) is 18.5 Å². The second-order valence-corrected chi connectivity index (χ2v) is 8.67. The van der Waals surface area contributed by atoms with Gasteiger partial charge in [-0.1, -0.05) is 18.2 Å². The summed E-state index contributed by atoms with van der Waals surface area (Å²) in [7, 11) is 0. The van der Waals surface area contributed by atoms with Crippen molar-refractivity contribution in [1.82, 2.24) is 9.55 Å². The van der Waals surface area contributed by atoms with Crippen LogP contribution in [0, 0.1) is 0 Å². The van der Waals surface area contributed by atoms with Crippen LogP contribution < -0.4 is 9.64 Å². The number of rotatable bonds is 6. The minimum absolute atomic E-state index is 0.419. The highest BCUT2D eigenvalue weighted by Crippen LogP contribution is 2.30. The van der Waals surface area contributed by atoms with Gasteiger partial charge < -0.3 is 39.4 Å². The van der Waals surface area contributed by atoms with Crippen LogP contribution >= 0.6 is 0 Å². The molecule has 0 saturated carbocycles. The average molecular weight is 456 g/mol. The van der Waals surface area contributed by atoms with Crippen molar-refractivity contribution in [3.63, 3.8) is 0 Å². The van der Waals surface area contributed by atoms with E-state index in [-0.39, 0.29) is 0 Å². The number of fused-ring (bicyclic) bond motifs is 1. The van der Waals surface area contributed by atoms with Gasteiger partial charge in [-0.2, -0.15) is 0 Å². The molecule has 2 aliphatic heterocycles. The molecule has 1 aromatic heterocycles. The lowest BCUT2D eigenvalue weighted by molar-refractivity contribution is -0.277. The molecule has 0 bridgehead atoms. The molecule has 0 aliphatic carbocycles. The molecule has 4 N–H and O–H groups in total. The molecule has 0 radical (unpaired) electrons. The van der Waals surface area contributed by atoms with E-state index < -0.39 is 37.3 Å². The molecular weight excluding hydrogens is 426 g/mol. The summed E-state index contributed by atoms with van der Waals surface area (Å²) < 4.78 is 13.4. The van der Waals surface area contributed by atoms with Gasteiger partial charge >= 0.3 is 0 Å². The normalized spacial score (nSPS) is 27.9. The smallest absolute Gasteiger partial charge is 0.229 e. The van der Waals surface area contributed by atoms with E-state index in [0.717, 1.165) is 24.2 Å². The molecule has 9 nitrogen and oxygen atoms in total. The van der Waals surface area contributed by atoms with E-state index in [1.807, 2.05) is 10.6 Å². The molecule has 2 aromatic carbocycles. The maximum Gasteiger partial charge on any atom is 0.229 e. The van der Waals surface area contributed by atoms with Gasteiger partial charge in [0.1, 0.15) is 35.7 Å². The summed E-state index contributed by atoms with van der Waals surface area (Å²) in [4.78, 5) is 6.86. The molecule has 0 spiro atoms. The Morgan fingerprint density at radius 3 is 2.45 bits per heavy atom. The topological polar surface area (TPSA) is 120 Å². The number of anilines is 1. The summed E-state index contributed by atoms with van der Waals surface area (Å²) in [6.45, 7) is 2.26. The maximum atomic E-state index is 10.4. The third-order valence-corrected chi connectivity index (χ3v) is 6.45. The van der Waals surface area contributed by atoms with Gasteiger partial charge in [0.2, 0.25) is 6.29 Å². The van der Waals surface area contributed by atoms with Crippen molar-refractivity contribution in [3.05, 3.63) is 54.4 Å². The fourth-order valence-electron chi connectivity index (χ4n) is 4.58. The van der Waals surface area contributed by atoms with E-state index in [0.29, 0.717) is 17.8 Å². The molecule has 2 saturated heterocycles. The van der Waals surface area contributed by atoms with Crippen LogP contribution in [0.15, 0.2) is 48.8 Å². The predicted molar refractivity (Wildman–Crippen MR) is 121 cm³/mol. The van der Waals surface area contributed by atoms with E-state index in [4.69, 9.17) is 9.47 Å². The van der Waals surface area contributed by atoms with Crippen LogP contribution in [0.3, 0.4) is 0 Å². The first-order valence-electron chi connectivity index (χ1n) is 11.3. The lowest BCUT2D eigenvalue weighted by Crippen LogP contribution is -2.60. The van der Waals surface area contributed by atoms with Crippen molar-refractivity contribution in [1.29, 1.82) is 0 Å². The first-order chi connectivity index (χ1) is 16.0. The molecular formula is C24H29N3O6. The first kappa shape index (κ1) is 22.1. The molecule has 2 aliphatic rings. The Morgan fingerprint density at radius 2 is 1.73 bits per heavy atom. The van der Waals surface area contributed by atoms with Crippen molar-refractivity contribution in [2.45, 2.75) is 50.1 Å². The Balaban J connectivity index is 1.38. The minimum Gasteiger partial charge on any atom is -0.460 e. The Morgan fingerprint density at radius 1 is 0.970 bits per heavy atom. The lowest BCUT2D eigenvalue weighted by Gasteiger charge is -2.39. The van der Waals surface area contributed by atoms with Crippen LogP contribution in [-0.2, 0) is 11.3 Å². The standard InChI is InChI=1S/C24H29N3O6/c28-13-19-21(29)22(30)23(31)24(33-19)32-18-5-3-4-17-20(18)27(14-25-17)12-15-6-8-16(9-7-15)26-10-1-2-11-26/h3-9,14,19,21-24,28-31H,1-2,10-13H2/t19-,21-,22+,23-,24?/m0/s1. The molecule has 5 rings (SSSR count). The van der Waals surface area contributed by atoms with Gasteiger partial charge in [0, 0.05) is 25.3 Å². The number of imidazole rings is 1. The van der Waals surface area contributed by atoms with Crippen molar-refractivity contribution in [2.75, 3.05) is 24.6 Å². The molecule has 176 valence electrons. The number of aromatic nitrogens is 2. The van der Waals surface area contributed by atoms with E-state index in [1.165, 1.54) is 18.5 Å². The molecule has 5 atom stereocenters. The number of aliphatic hydroxyl groups is 4. The quantitative estimate of drug-likeness (QED) is 0.432. The van der Waals surface area contributed by atoms with Crippen molar-refractivity contribution < 1.29 is 29.9 Å². The van der Waals surface area contributed by atoms with Gasteiger partial charge in [-0.3, -0.25) is 0 Å². The van der Waals surface area contributed by atoms with Gasteiger partial charge in [0.15, 0.2) is 0 Å². The maximum absolute atomic E-state index is 10.4. The van der Waals surface area contributed by atoms with Crippen molar-refractivity contribution >= 4 is 16.7 Å². The number of nitrogens with zero attached hydrogens (tertiary/aromatic N) is 3. The summed E-state index contributed by atoms with van der Waals surface area (Å²) in [6, 6.07) is 13.9. The molecule has 2 fully saturated rings. The highest BCUT2D eigenvalue weighted by Gasteiger charge is 2.44. The molecule has 0 amide bonds. The second-order valence-electron chi connectivity index (χ2n) is 8.67. The Bertz CT molecular complexity index is 1080. The summed E-state index contributed by atoms with van der Waals surface area (Å²) >= 11 is 0. The largest absolute Gasteiger partial charge is 0.460 e. The summed E-state index contributed by atoms with van der Waals surface area (Å²) in [5, 5.41) is 39.9. The van der Waals surface area contributed by atoms with Crippen LogP contribution in [0.1, 0.15) is 18.4 Å². The van der Waals surface area contributed by atoms with Crippen molar-refractivity contribution in [2.24, 2.45) is 0 Å². The Labute approximate surface area is 191 Å². The van der Waals surface area contributed by atoms with Crippen LogP contribution in [-0.4, -0.2) is 80.4 Å². The fraction of sp³-hybridized carbons (Fsp3) is 0.458. The zero-order valence-electron chi connectivity index (χ0n) is 18.2. The third-order valence-electron chi connectivity index (χ3n) is 6.45. The summed E-state index contributed by atoms with van der Waals surface area (Å²) in [5.41, 5.74) is 3.78. The van der Waals surface area contributed by atoms with Gasteiger partial charge in [0.25, 0.3) is 0 Å². The van der Waals surface area contributed by atoms with Gasteiger partial charge in [-0.05, 0) is 42.7 Å². The average Bonchev–Trinajstić information content (AvgIpc) is 3.51. The number of hydrogen-bond donors (Lipinski definition) is 4. The third kappa shape index (κ3) is 4.30. The van der Waals surface area contributed by atoms with Crippen LogP contribution in [0.25, 0.3) is 11.0 Å². The van der Waals surface area contributed by atoms with Crippen LogP contribution in [0.5, 0.6) is 5.75 Å². The summed E-state index contributed by atoms with van der Waals surface area (Å²) in [5.74, 6) is 0.419. The Kier molecular flexibility index (Phi) is 6.22. The summed E-state index contributed by atoms with van der Waals surface area (Å²) in [6.07, 6.45) is -2.50. The van der Waals surface area contributed by atoms with E-state index >= 15 is 0 Å². The van der Waals surface area contributed by atoms with E-state index in [2.05, 4.69) is 34.1 Å². The highest BCUT2D eigenvalue weighted by atomic mass is 16.7.